The van der Waals surface area contributed by atoms with E-state index in [1.165, 1.54) is 29.4 Å². The Labute approximate surface area is 169 Å². The van der Waals surface area contributed by atoms with E-state index in [0.717, 1.165) is 17.4 Å². The Morgan fingerprint density at radius 3 is 2.72 bits per heavy atom. The van der Waals surface area contributed by atoms with Gasteiger partial charge in [0.05, 0.1) is 18.0 Å². The van der Waals surface area contributed by atoms with Gasteiger partial charge < -0.3 is 9.52 Å². The molecule has 1 N–H and O–H groups in total. The number of fused-ring (bicyclic) bond motifs is 1. The summed E-state index contributed by atoms with van der Waals surface area (Å²) in [5, 5.41) is 11.7. The second-order valence-electron chi connectivity index (χ2n) is 7.63. The maximum Gasteiger partial charge on any atom is 0.353 e. The molecule has 0 saturated carbocycles. The Morgan fingerprint density at radius 1 is 1.24 bits per heavy atom. The number of unbranched alkanes of at least 4 members (excludes halogenated alkanes) is 2. The quantitative estimate of drug-likeness (QED) is 0.615. The van der Waals surface area contributed by atoms with Crippen molar-refractivity contribution in [3.05, 3.63) is 52.6 Å². The molecule has 0 unspecified atom stereocenters. The van der Waals surface area contributed by atoms with Gasteiger partial charge in [-0.2, -0.15) is 10.0 Å². The van der Waals surface area contributed by atoms with Gasteiger partial charge in [0.2, 0.25) is 5.71 Å². The molecule has 7 nitrogen and oxygen atoms in total. The monoisotopic (exact) mass is 397 g/mol. The molecule has 0 spiro atoms. The number of aliphatic hydroxyl groups is 1. The van der Waals surface area contributed by atoms with Crippen LogP contribution in [-0.2, 0) is 11.3 Å². The van der Waals surface area contributed by atoms with E-state index in [-0.39, 0.29) is 12.6 Å². The zero-order chi connectivity index (χ0) is 20.4. The summed E-state index contributed by atoms with van der Waals surface area (Å²) in [5.41, 5.74) is 2.16. The van der Waals surface area contributed by atoms with Gasteiger partial charge in [-0.3, -0.25) is 9.40 Å². The van der Waals surface area contributed by atoms with E-state index in [4.69, 9.17) is 9.25 Å². The van der Waals surface area contributed by atoms with E-state index in [0.29, 0.717) is 17.9 Å². The number of nitrogens with zero attached hydrogens (tertiary/aromatic N) is 3. The average Bonchev–Trinajstić information content (AvgIpc) is 3.30. The molecule has 3 aromatic rings. The molecule has 4 rings (SSSR count). The predicted molar refractivity (Wildman–Crippen MR) is 110 cm³/mol. The summed E-state index contributed by atoms with van der Waals surface area (Å²) in [5.74, 6) is 0.683. The molecular weight excluding hydrogens is 370 g/mol. The van der Waals surface area contributed by atoms with Gasteiger partial charge in [0.15, 0.2) is 6.23 Å². The molecule has 0 bridgehead atoms. The number of rotatable bonds is 7. The second-order valence-corrected chi connectivity index (χ2v) is 7.63. The van der Waals surface area contributed by atoms with E-state index >= 15 is 0 Å². The molecule has 0 radical (unpaired) electrons. The van der Waals surface area contributed by atoms with Crippen molar-refractivity contribution >= 4 is 11.1 Å². The average molecular weight is 397 g/mol. The maximum atomic E-state index is 12.5. The van der Waals surface area contributed by atoms with Crippen LogP contribution in [0.2, 0.25) is 0 Å². The van der Waals surface area contributed by atoms with Crippen LogP contribution >= 0.6 is 0 Å². The topological polar surface area (TPSA) is 80.7 Å². The normalized spacial score (nSPS) is 20.0. The minimum atomic E-state index is -0.484. The highest BCUT2D eigenvalue weighted by Gasteiger charge is 2.32. The van der Waals surface area contributed by atoms with Crippen LogP contribution in [0, 0.1) is 0 Å². The lowest BCUT2D eigenvalue weighted by Gasteiger charge is -2.14. The van der Waals surface area contributed by atoms with E-state index < -0.39 is 11.9 Å². The van der Waals surface area contributed by atoms with Crippen molar-refractivity contribution in [3.8, 4) is 11.3 Å². The molecule has 2 aromatic heterocycles. The fraction of sp³-hybridized carbons (Fsp3) is 0.455. The molecule has 2 atom stereocenters. The zero-order valence-electron chi connectivity index (χ0n) is 16.9. The van der Waals surface area contributed by atoms with Gasteiger partial charge in [-0.15, -0.1) is 0 Å². The van der Waals surface area contributed by atoms with E-state index in [1.807, 2.05) is 18.2 Å². The summed E-state index contributed by atoms with van der Waals surface area (Å²) in [6.45, 7) is 2.18. The van der Waals surface area contributed by atoms with Crippen molar-refractivity contribution in [2.24, 2.45) is 0 Å². The standard InChI is InChI=1S/C22H27N3O4/c1-3-4-5-6-15-7-9-16(10-8-15)19-11-17-13-25(22(27)23-21(17)28-19)20-12-18(14-26)24(2)29-20/h7-11,13,18,20,26H,3-6,12,14H2,1-2H3/t18-,20+/m1/s1. The van der Waals surface area contributed by atoms with Crippen LogP contribution in [0.25, 0.3) is 22.4 Å². The van der Waals surface area contributed by atoms with Crippen molar-refractivity contribution in [2.75, 3.05) is 13.7 Å². The SMILES string of the molecule is CCCCCc1ccc(-c2cc3cn([C@@H]4C[C@H](CO)N(C)O4)c(=O)nc3o2)cc1. The molecule has 1 aromatic carbocycles. The third kappa shape index (κ3) is 4.12. The largest absolute Gasteiger partial charge is 0.437 e. The fourth-order valence-electron chi connectivity index (χ4n) is 3.74. The minimum Gasteiger partial charge on any atom is -0.437 e. The molecule has 0 amide bonds. The first-order valence-electron chi connectivity index (χ1n) is 10.2. The molecule has 1 aliphatic rings. The van der Waals surface area contributed by atoms with Gasteiger partial charge in [0, 0.05) is 25.2 Å². The highest BCUT2D eigenvalue weighted by Crippen LogP contribution is 2.30. The Hall–Kier alpha value is -2.48. The Kier molecular flexibility index (Phi) is 5.80. The molecule has 1 saturated heterocycles. The Morgan fingerprint density at radius 2 is 2.03 bits per heavy atom. The van der Waals surface area contributed by atoms with E-state index in [1.54, 1.807) is 18.3 Å². The third-order valence-corrected chi connectivity index (χ3v) is 5.54. The van der Waals surface area contributed by atoms with Gasteiger partial charge in [-0.1, -0.05) is 44.0 Å². The Bertz CT molecular complexity index is 1020. The number of aromatic nitrogens is 2. The summed E-state index contributed by atoms with van der Waals surface area (Å²) >= 11 is 0. The number of furan rings is 1. The van der Waals surface area contributed by atoms with Crippen molar-refractivity contribution < 1.29 is 14.4 Å². The summed E-state index contributed by atoms with van der Waals surface area (Å²) in [7, 11) is 1.75. The van der Waals surface area contributed by atoms with E-state index in [2.05, 4.69) is 24.0 Å². The van der Waals surface area contributed by atoms with Crippen LogP contribution in [0.5, 0.6) is 0 Å². The first kappa shape index (κ1) is 19.8. The van der Waals surface area contributed by atoms with Gasteiger partial charge in [-0.25, -0.2) is 4.79 Å². The van der Waals surface area contributed by atoms with Crippen LogP contribution in [0.3, 0.4) is 0 Å². The van der Waals surface area contributed by atoms with Crippen LogP contribution < -0.4 is 5.69 Å². The molecule has 1 aliphatic heterocycles. The lowest BCUT2D eigenvalue weighted by atomic mass is 10.0. The first-order chi connectivity index (χ1) is 14.1. The van der Waals surface area contributed by atoms with Crippen LogP contribution in [0.15, 0.2) is 45.7 Å². The number of aliphatic hydroxyl groups excluding tert-OH is 1. The highest BCUT2D eigenvalue weighted by molar-refractivity contribution is 5.79. The van der Waals surface area contributed by atoms with Crippen LogP contribution in [0.1, 0.15) is 44.4 Å². The van der Waals surface area contributed by atoms with Gasteiger partial charge in [-0.05, 0) is 24.5 Å². The summed E-state index contributed by atoms with van der Waals surface area (Å²) in [6.07, 6.45) is 6.50. The fourth-order valence-corrected chi connectivity index (χ4v) is 3.74. The van der Waals surface area contributed by atoms with Crippen molar-refractivity contribution in [3.63, 3.8) is 0 Å². The Balaban J connectivity index is 1.58. The number of hydroxylamine groups is 2. The summed E-state index contributed by atoms with van der Waals surface area (Å²) < 4.78 is 7.30. The summed E-state index contributed by atoms with van der Waals surface area (Å²) in [4.78, 5) is 22.2. The number of benzene rings is 1. The van der Waals surface area contributed by atoms with Gasteiger partial charge in [0.1, 0.15) is 5.76 Å². The molecule has 29 heavy (non-hydrogen) atoms. The van der Waals surface area contributed by atoms with E-state index in [9.17, 15) is 9.90 Å². The highest BCUT2D eigenvalue weighted by atomic mass is 16.7. The number of hydrogen-bond donors (Lipinski definition) is 1. The van der Waals surface area contributed by atoms with Gasteiger partial charge >= 0.3 is 5.69 Å². The molecule has 7 heteroatoms. The smallest absolute Gasteiger partial charge is 0.353 e. The molecule has 1 fully saturated rings. The molecule has 0 aliphatic carbocycles. The van der Waals surface area contributed by atoms with Crippen molar-refractivity contribution in [2.45, 2.75) is 51.3 Å². The maximum absolute atomic E-state index is 12.5. The van der Waals surface area contributed by atoms with Gasteiger partial charge in [0.25, 0.3) is 0 Å². The number of aryl methyl sites for hydroxylation is 1. The first-order valence-corrected chi connectivity index (χ1v) is 10.2. The second kappa shape index (κ2) is 8.49. The minimum absolute atomic E-state index is 0.0261. The van der Waals surface area contributed by atoms with Crippen LogP contribution in [0.4, 0.5) is 0 Å². The molecule has 3 heterocycles. The zero-order valence-corrected chi connectivity index (χ0v) is 16.9. The lowest BCUT2D eigenvalue weighted by Crippen LogP contribution is -2.27. The molecular formula is C22H27N3O4. The predicted octanol–water partition coefficient (Wildman–Crippen LogP) is 3.52. The number of hydrogen-bond acceptors (Lipinski definition) is 6. The molecule has 154 valence electrons. The van der Waals surface area contributed by atoms with Crippen molar-refractivity contribution in [1.29, 1.82) is 0 Å². The van der Waals surface area contributed by atoms with Crippen molar-refractivity contribution in [1.82, 2.24) is 14.6 Å². The lowest BCUT2D eigenvalue weighted by molar-refractivity contribution is -0.170. The third-order valence-electron chi connectivity index (χ3n) is 5.54. The summed E-state index contributed by atoms with van der Waals surface area (Å²) in [6, 6.07) is 10.1. The number of likely N-dealkylation sites (N-methyl/N-ethyl adjacent to an activating group) is 1. The van der Waals surface area contributed by atoms with Crippen LogP contribution in [-0.4, -0.2) is 39.4 Å².